The smallest absolute Gasteiger partial charge is 0.288 e. The van der Waals surface area contributed by atoms with Crippen molar-refractivity contribution in [2.45, 2.75) is 25.9 Å². The van der Waals surface area contributed by atoms with Crippen LogP contribution in [-0.4, -0.2) is 33.6 Å². The number of nitrogens with zero attached hydrogens (tertiary/aromatic N) is 3. The van der Waals surface area contributed by atoms with Gasteiger partial charge in [0.05, 0.1) is 17.0 Å². The average molecular weight is 604 g/mol. The van der Waals surface area contributed by atoms with Crippen LogP contribution in [0.2, 0.25) is 5.02 Å². The van der Waals surface area contributed by atoms with Crippen LogP contribution < -0.4 is 4.90 Å². The summed E-state index contributed by atoms with van der Waals surface area (Å²) in [5, 5.41) is 11.3. The fourth-order valence-corrected chi connectivity index (χ4v) is 4.43. The molecular weight excluding hydrogens is 585 g/mol. The molecule has 0 saturated carbocycles. The van der Waals surface area contributed by atoms with Crippen LogP contribution >= 0.6 is 34.2 Å². The molecular formula is C25H19ClIN3O5. The number of halogens is 2. The molecule has 10 heteroatoms. The third-order valence-electron chi connectivity index (χ3n) is 5.71. The maximum Gasteiger partial charge on any atom is 0.288 e. The number of amides is 3. The van der Waals surface area contributed by atoms with Crippen molar-refractivity contribution < 1.29 is 19.3 Å². The van der Waals surface area contributed by atoms with Gasteiger partial charge in [0.15, 0.2) is 0 Å². The topological polar surface area (TPSA) is 101 Å². The highest BCUT2D eigenvalue weighted by atomic mass is 127. The van der Waals surface area contributed by atoms with Crippen LogP contribution in [0.4, 0.5) is 11.4 Å². The zero-order chi connectivity index (χ0) is 25.3. The summed E-state index contributed by atoms with van der Waals surface area (Å²) >= 11 is 8.04. The molecule has 1 unspecified atom stereocenters. The summed E-state index contributed by atoms with van der Waals surface area (Å²) in [7, 11) is 0. The average Bonchev–Trinajstić information content (AvgIpc) is 3.12. The molecule has 1 heterocycles. The van der Waals surface area contributed by atoms with Gasteiger partial charge in [-0.25, -0.2) is 4.90 Å². The highest BCUT2D eigenvalue weighted by molar-refractivity contribution is 14.1. The molecule has 3 aromatic carbocycles. The summed E-state index contributed by atoms with van der Waals surface area (Å²) in [5.41, 5.74) is 1.79. The molecule has 0 aliphatic carbocycles. The Morgan fingerprint density at radius 1 is 1.11 bits per heavy atom. The second kappa shape index (κ2) is 10.1. The second-order valence-corrected chi connectivity index (χ2v) is 9.76. The van der Waals surface area contributed by atoms with E-state index in [2.05, 4.69) is 22.6 Å². The van der Waals surface area contributed by atoms with Crippen molar-refractivity contribution in [1.29, 1.82) is 0 Å². The van der Waals surface area contributed by atoms with Gasteiger partial charge in [-0.1, -0.05) is 41.4 Å². The Kier molecular flexibility index (Phi) is 7.18. The number of carbonyl (C=O) groups excluding carboxylic acids is 3. The van der Waals surface area contributed by atoms with Crippen LogP contribution in [0.5, 0.6) is 0 Å². The predicted octanol–water partition coefficient (Wildman–Crippen LogP) is 5.14. The first kappa shape index (κ1) is 24.8. The van der Waals surface area contributed by atoms with Crippen molar-refractivity contribution in [2.75, 3.05) is 4.90 Å². The molecule has 1 fully saturated rings. The molecule has 3 amide bonds. The monoisotopic (exact) mass is 603 g/mol. The van der Waals surface area contributed by atoms with Crippen molar-refractivity contribution >= 4 is 63.3 Å². The van der Waals surface area contributed by atoms with E-state index in [1.165, 1.54) is 17.0 Å². The van der Waals surface area contributed by atoms with E-state index in [1.54, 1.807) is 24.3 Å². The first-order chi connectivity index (χ1) is 16.7. The summed E-state index contributed by atoms with van der Waals surface area (Å²) in [6.07, 6.45) is -0.196. The number of rotatable bonds is 6. The Balaban J connectivity index is 1.72. The number of hydrogen-bond donors (Lipinski definition) is 0. The van der Waals surface area contributed by atoms with Gasteiger partial charge < -0.3 is 4.90 Å². The van der Waals surface area contributed by atoms with Crippen LogP contribution in [-0.2, 0) is 16.1 Å². The van der Waals surface area contributed by atoms with Gasteiger partial charge in [-0.15, -0.1) is 0 Å². The molecule has 0 spiro atoms. The standard InChI is InChI=1S/C25H19ClIN3O5/c1-15-2-4-16(5-3-15)14-28(24(32)17-6-11-20(26)21(12-17)30(34)35)22-13-23(31)29(25(22)33)19-9-7-18(27)8-10-19/h2-12,22H,13-14H2,1H3. The van der Waals surface area contributed by atoms with Gasteiger partial charge in [-0.05, 0) is 71.5 Å². The van der Waals surface area contributed by atoms with E-state index in [-0.39, 0.29) is 23.6 Å². The summed E-state index contributed by atoms with van der Waals surface area (Å²) in [4.78, 5) is 53.0. The van der Waals surface area contributed by atoms with Gasteiger partial charge in [0.1, 0.15) is 11.1 Å². The lowest BCUT2D eigenvalue weighted by Crippen LogP contribution is -2.45. The van der Waals surface area contributed by atoms with Gasteiger partial charge in [0, 0.05) is 21.7 Å². The first-order valence-corrected chi connectivity index (χ1v) is 12.0. The van der Waals surface area contributed by atoms with E-state index in [4.69, 9.17) is 11.6 Å². The number of benzene rings is 3. The third-order valence-corrected chi connectivity index (χ3v) is 6.75. The summed E-state index contributed by atoms with van der Waals surface area (Å²) < 4.78 is 0.947. The SMILES string of the molecule is Cc1ccc(CN(C(=O)c2ccc(Cl)c([N+](=O)[O-])c2)C2CC(=O)N(c3ccc(I)cc3)C2=O)cc1. The molecule has 4 rings (SSSR count). The van der Waals surface area contributed by atoms with E-state index in [0.717, 1.165) is 25.7 Å². The number of imide groups is 1. The number of hydrogen-bond acceptors (Lipinski definition) is 5. The molecule has 178 valence electrons. The van der Waals surface area contributed by atoms with E-state index in [1.807, 2.05) is 31.2 Å². The predicted molar refractivity (Wildman–Crippen MR) is 139 cm³/mol. The Labute approximate surface area is 219 Å². The number of nitro groups is 1. The zero-order valence-electron chi connectivity index (χ0n) is 18.5. The largest absolute Gasteiger partial charge is 0.322 e. The quantitative estimate of drug-likeness (QED) is 0.168. The van der Waals surface area contributed by atoms with Gasteiger partial charge in [-0.3, -0.25) is 24.5 Å². The molecule has 1 saturated heterocycles. The Hall–Kier alpha value is -3.31. The lowest BCUT2D eigenvalue weighted by atomic mass is 10.1. The van der Waals surface area contributed by atoms with E-state index >= 15 is 0 Å². The van der Waals surface area contributed by atoms with Crippen molar-refractivity contribution in [3.8, 4) is 0 Å². The highest BCUT2D eigenvalue weighted by Crippen LogP contribution is 2.30. The molecule has 1 aliphatic rings. The number of nitro benzene ring substituents is 1. The fraction of sp³-hybridized carbons (Fsp3) is 0.160. The molecule has 35 heavy (non-hydrogen) atoms. The molecule has 0 N–H and O–H groups in total. The second-order valence-electron chi connectivity index (χ2n) is 8.11. The molecule has 1 atom stereocenters. The van der Waals surface area contributed by atoms with Crippen LogP contribution in [0, 0.1) is 20.6 Å². The van der Waals surface area contributed by atoms with E-state index in [9.17, 15) is 24.5 Å². The molecule has 0 bridgehead atoms. The molecule has 1 aliphatic heterocycles. The van der Waals surface area contributed by atoms with Crippen LogP contribution in [0.1, 0.15) is 27.9 Å². The summed E-state index contributed by atoms with van der Waals surface area (Å²) in [5.74, 6) is -1.56. The third kappa shape index (κ3) is 5.20. The molecule has 0 aromatic heterocycles. The highest BCUT2D eigenvalue weighted by Gasteiger charge is 2.44. The Morgan fingerprint density at radius 2 is 1.77 bits per heavy atom. The van der Waals surface area contributed by atoms with Gasteiger partial charge in [0.25, 0.3) is 17.5 Å². The van der Waals surface area contributed by atoms with Crippen molar-refractivity contribution in [2.24, 2.45) is 0 Å². The van der Waals surface area contributed by atoms with Crippen molar-refractivity contribution in [3.63, 3.8) is 0 Å². The lowest BCUT2D eigenvalue weighted by Gasteiger charge is -2.28. The summed E-state index contributed by atoms with van der Waals surface area (Å²) in [6.45, 7) is 1.97. The van der Waals surface area contributed by atoms with Crippen molar-refractivity contribution in [3.05, 3.63) is 102 Å². The number of aryl methyl sites for hydroxylation is 1. The van der Waals surface area contributed by atoms with Gasteiger partial charge in [-0.2, -0.15) is 0 Å². The zero-order valence-corrected chi connectivity index (χ0v) is 21.4. The minimum atomic E-state index is -1.06. The Bertz CT molecular complexity index is 1330. The lowest BCUT2D eigenvalue weighted by molar-refractivity contribution is -0.384. The van der Waals surface area contributed by atoms with Crippen molar-refractivity contribution in [1.82, 2.24) is 4.90 Å². The van der Waals surface area contributed by atoms with Crippen LogP contribution in [0.15, 0.2) is 66.7 Å². The van der Waals surface area contributed by atoms with Crippen LogP contribution in [0.25, 0.3) is 0 Å². The van der Waals surface area contributed by atoms with Crippen LogP contribution in [0.3, 0.4) is 0 Å². The summed E-state index contributed by atoms with van der Waals surface area (Å²) in [6, 6.07) is 17.0. The minimum Gasteiger partial charge on any atom is -0.322 e. The van der Waals surface area contributed by atoms with E-state index < -0.39 is 34.4 Å². The Morgan fingerprint density at radius 3 is 2.40 bits per heavy atom. The maximum atomic E-state index is 13.6. The number of anilines is 1. The fourth-order valence-electron chi connectivity index (χ4n) is 3.89. The normalized spacial score (nSPS) is 15.4. The van der Waals surface area contributed by atoms with Gasteiger partial charge in [0.2, 0.25) is 5.91 Å². The minimum absolute atomic E-state index is 0.00109. The molecule has 0 radical (unpaired) electrons. The number of carbonyl (C=O) groups is 3. The molecule has 3 aromatic rings. The molecule has 8 nitrogen and oxygen atoms in total. The van der Waals surface area contributed by atoms with E-state index in [0.29, 0.717) is 5.69 Å². The first-order valence-electron chi connectivity index (χ1n) is 10.6. The van der Waals surface area contributed by atoms with Gasteiger partial charge >= 0.3 is 0 Å². The maximum absolute atomic E-state index is 13.6.